The first-order valence-electron chi connectivity index (χ1n) is 8.47. The summed E-state index contributed by atoms with van der Waals surface area (Å²) < 4.78 is 38.1. The Hall–Kier alpha value is -2.16. The molecule has 1 N–H and O–H groups in total. The first kappa shape index (κ1) is 18.6. The van der Waals surface area contributed by atoms with Crippen LogP contribution in [-0.4, -0.2) is 46.0 Å². The Balaban J connectivity index is 1.77. The maximum absolute atomic E-state index is 12.7. The summed E-state index contributed by atoms with van der Waals surface area (Å²) in [6, 6.07) is 9.29. The Morgan fingerprint density at radius 2 is 2.04 bits per heavy atom. The van der Waals surface area contributed by atoms with Gasteiger partial charge in [-0.2, -0.15) is 0 Å². The van der Waals surface area contributed by atoms with E-state index >= 15 is 0 Å². The molecule has 7 nitrogen and oxygen atoms in total. The molecule has 0 aliphatic carbocycles. The van der Waals surface area contributed by atoms with E-state index < -0.39 is 16.0 Å². The van der Waals surface area contributed by atoms with Crippen molar-refractivity contribution in [3.63, 3.8) is 0 Å². The summed E-state index contributed by atoms with van der Waals surface area (Å²) in [6.07, 6.45) is 3.77. The lowest BCUT2D eigenvalue weighted by atomic mass is 10.2. The van der Waals surface area contributed by atoms with Crippen molar-refractivity contribution >= 4 is 16.0 Å². The van der Waals surface area contributed by atoms with Crippen molar-refractivity contribution in [2.24, 2.45) is 0 Å². The average Bonchev–Trinajstić information content (AvgIpc) is 3.36. The first-order valence-corrected chi connectivity index (χ1v) is 9.95. The van der Waals surface area contributed by atoms with Gasteiger partial charge in [-0.1, -0.05) is 6.07 Å². The monoisotopic (exact) mass is 378 g/mol. The summed E-state index contributed by atoms with van der Waals surface area (Å²) in [5.41, 5.74) is 0.192. The normalized spacial score (nSPS) is 16.5. The van der Waals surface area contributed by atoms with Crippen LogP contribution < -0.4 is 4.72 Å². The number of nitrogens with zero attached hydrogens (tertiary/aromatic N) is 1. The van der Waals surface area contributed by atoms with Gasteiger partial charge >= 0.3 is 5.97 Å². The van der Waals surface area contributed by atoms with Crippen molar-refractivity contribution in [2.45, 2.75) is 23.8 Å². The minimum absolute atomic E-state index is 0.0278. The fourth-order valence-corrected chi connectivity index (χ4v) is 4.21. The summed E-state index contributed by atoms with van der Waals surface area (Å²) >= 11 is 0. The fourth-order valence-electron chi connectivity index (χ4n) is 3.12. The number of rotatable bonds is 7. The van der Waals surface area contributed by atoms with Crippen LogP contribution in [0.2, 0.25) is 0 Å². The smallest absolute Gasteiger partial charge is 0.337 e. The fraction of sp³-hybridized carbons (Fsp3) is 0.389. The molecule has 0 amide bonds. The van der Waals surface area contributed by atoms with Gasteiger partial charge in [-0.3, -0.25) is 4.90 Å². The number of furan rings is 1. The van der Waals surface area contributed by atoms with Gasteiger partial charge in [0.25, 0.3) is 0 Å². The van der Waals surface area contributed by atoms with Gasteiger partial charge in [-0.05, 0) is 56.3 Å². The lowest BCUT2D eigenvalue weighted by Gasteiger charge is -2.26. The van der Waals surface area contributed by atoms with Gasteiger partial charge < -0.3 is 9.15 Å². The molecule has 1 aliphatic rings. The highest BCUT2D eigenvalue weighted by atomic mass is 32.2. The van der Waals surface area contributed by atoms with Crippen molar-refractivity contribution in [3.8, 4) is 0 Å². The maximum atomic E-state index is 12.7. The lowest BCUT2D eigenvalue weighted by molar-refractivity contribution is 0.0600. The van der Waals surface area contributed by atoms with Gasteiger partial charge in [-0.25, -0.2) is 17.9 Å². The summed E-state index contributed by atoms with van der Waals surface area (Å²) in [7, 11) is -2.51. The van der Waals surface area contributed by atoms with Gasteiger partial charge in [-0.15, -0.1) is 0 Å². The molecule has 140 valence electrons. The predicted octanol–water partition coefficient (Wildman–Crippen LogP) is 2.18. The van der Waals surface area contributed by atoms with Crippen molar-refractivity contribution in [1.82, 2.24) is 9.62 Å². The third kappa shape index (κ3) is 4.14. The number of carbonyl (C=O) groups is 1. The molecule has 0 saturated carbocycles. The molecule has 26 heavy (non-hydrogen) atoms. The van der Waals surface area contributed by atoms with Gasteiger partial charge in [0.1, 0.15) is 5.76 Å². The number of benzene rings is 1. The first-order chi connectivity index (χ1) is 12.5. The van der Waals surface area contributed by atoms with Crippen molar-refractivity contribution in [1.29, 1.82) is 0 Å². The van der Waals surface area contributed by atoms with E-state index in [1.54, 1.807) is 12.3 Å². The third-order valence-corrected chi connectivity index (χ3v) is 5.91. The number of hydrogen-bond acceptors (Lipinski definition) is 6. The largest absolute Gasteiger partial charge is 0.468 e. The standard InChI is InChI=1S/C18H22N2O5S/c1-24-18(21)14-6-4-7-15(12-14)26(22,23)19-13-16(17-8-5-11-25-17)20-9-2-3-10-20/h4-8,11-12,16,19H,2-3,9-10,13H2,1H3/t16-/m1/s1. The van der Waals surface area contributed by atoms with E-state index in [-0.39, 0.29) is 23.0 Å². The molecule has 1 atom stereocenters. The van der Waals surface area contributed by atoms with Gasteiger partial charge in [0.15, 0.2) is 0 Å². The number of likely N-dealkylation sites (tertiary alicyclic amines) is 1. The maximum Gasteiger partial charge on any atom is 0.337 e. The Kier molecular flexibility index (Phi) is 5.75. The minimum atomic E-state index is -3.77. The van der Waals surface area contributed by atoms with E-state index in [1.807, 2.05) is 6.07 Å². The molecule has 8 heteroatoms. The Bertz CT molecular complexity index is 842. The van der Waals surface area contributed by atoms with Crippen LogP contribution in [0, 0.1) is 0 Å². The molecule has 0 radical (unpaired) electrons. The average molecular weight is 378 g/mol. The van der Waals surface area contributed by atoms with Crippen LogP contribution >= 0.6 is 0 Å². The lowest BCUT2D eigenvalue weighted by Crippen LogP contribution is -2.36. The van der Waals surface area contributed by atoms with E-state index in [0.29, 0.717) is 0 Å². The minimum Gasteiger partial charge on any atom is -0.468 e. The molecule has 0 bridgehead atoms. The molecule has 3 rings (SSSR count). The van der Waals surface area contributed by atoms with Crippen LogP contribution in [-0.2, 0) is 14.8 Å². The molecule has 0 unspecified atom stereocenters. The van der Waals surface area contributed by atoms with E-state index in [9.17, 15) is 13.2 Å². The Morgan fingerprint density at radius 3 is 2.69 bits per heavy atom. The van der Waals surface area contributed by atoms with Crippen LogP contribution in [0.4, 0.5) is 0 Å². The second-order valence-electron chi connectivity index (χ2n) is 6.15. The third-order valence-electron chi connectivity index (χ3n) is 4.49. The molecule has 1 aliphatic heterocycles. The van der Waals surface area contributed by atoms with E-state index in [1.165, 1.54) is 31.4 Å². The quantitative estimate of drug-likeness (QED) is 0.743. The van der Waals surface area contributed by atoms with Crippen LogP contribution in [0.3, 0.4) is 0 Å². The summed E-state index contributed by atoms with van der Waals surface area (Å²) in [4.78, 5) is 13.9. The number of sulfonamides is 1. The highest BCUT2D eigenvalue weighted by Crippen LogP contribution is 2.25. The molecule has 2 heterocycles. The molecule has 0 spiro atoms. The number of nitrogens with one attached hydrogen (secondary N) is 1. The molecular weight excluding hydrogens is 356 g/mol. The van der Waals surface area contributed by atoms with Crippen molar-refractivity contribution < 1.29 is 22.4 Å². The number of carbonyl (C=O) groups excluding carboxylic acids is 1. The topological polar surface area (TPSA) is 88.8 Å². The van der Waals surface area contributed by atoms with Crippen LogP contribution in [0.5, 0.6) is 0 Å². The number of ether oxygens (including phenoxy) is 1. The number of esters is 1. The number of methoxy groups -OCH3 is 1. The number of hydrogen-bond donors (Lipinski definition) is 1. The van der Waals surface area contributed by atoms with E-state index in [2.05, 4.69) is 14.4 Å². The SMILES string of the molecule is COC(=O)c1cccc(S(=O)(=O)NC[C@H](c2ccco2)N2CCCC2)c1. The molecule has 1 aromatic heterocycles. The zero-order valence-corrected chi connectivity index (χ0v) is 15.4. The van der Waals surface area contributed by atoms with Crippen LogP contribution in [0.1, 0.15) is 35.0 Å². The van der Waals surface area contributed by atoms with Gasteiger partial charge in [0.2, 0.25) is 10.0 Å². The predicted molar refractivity (Wildman–Crippen MR) is 95.2 cm³/mol. The molecule has 2 aromatic rings. The zero-order chi connectivity index (χ0) is 18.6. The summed E-state index contributed by atoms with van der Waals surface area (Å²) in [5.74, 6) is 0.158. The van der Waals surface area contributed by atoms with E-state index in [4.69, 9.17) is 4.42 Å². The Labute approximate surface area is 153 Å². The molecule has 1 aromatic carbocycles. The second-order valence-corrected chi connectivity index (χ2v) is 7.91. The highest BCUT2D eigenvalue weighted by molar-refractivity contribution is 7.89. The molecule has 1 fully saturated rings. The van der Waals surface area contributed by atoms with Crippen LogP contribution in [0.25, 0.3) is 0 Å². The molecule has 1 saturated heterocycles. The molecular formula is C18H22N2O5S. The zero-order valence-electron chi connectivity index (χ0n) is 14.6. The van der Waals surface area contributed by atoms with E-state index in [0.717, 1.165) is 31.7 Å². The summed E-state index contributed by atoms with van der Waals surface area (Å²) in [5, 5.41) is 0. The Morgan fingerprint density at radius 1 is 1.27 bits per heavy atom. The van der Waals surface area contributed by atoms with Crippen molar-refractivity contribution in [2.75, 3.05) is 26.7 Å². The second kappa shape index (κ2) is 8.03. The highest BCUT2D eigenvalue weighted by Gasteiger charge is 2.27. The van der Waals surface area contributed by atoms with Gasteiger partial charge in [0, 0.05) is 6.54 Å². The van der Waals surface area contributed by atoms with Crippen LogP contribution in [0.15, 0.2) is 52.0 Å². The summed E-state index contributed by atoms with van der Waals surface area (Å²) in [6.45, 7) is 2.01. The van der Waals surface area contributed by atoms with Crippen molar-refractivity contribution in [3.05, 3.63) is 54.0 Å². The van der Waals surface area contributed by atoms with Gasteiger partial charge in [0.05, 0.1) is 29.9 Å².